The maximum atomic E-state index is 11.4. The Hall–Kier alpha value is -2.59. The van der Waals surface area contributed by atoms with Crippen molar-refractivity contribution in [2.75, 3.05) is 0 Å². The fraction of sp³-hybridized carbons (Fsp3) is 0.300. The third-order valence-corrected chi connectivity index (χ3v) is 2.37. The van der Waals surface area contributed by atoms with Gasteiger partial charge >= 0.3 is 5.97 Å². The number of non-ortho nitro benzene ring substituents is 2. The molecule has 108 valence electrons. The molecule has 0 unspecified atom stereocenters. The van der Waals surface area contributed by atoms with Crippen molar-refractivity contribution in [3.8, 4) is 0 Å². The number of nitro benzene ring substituents is 2. The summed E-state index contributed by atoms with van der Waals surface area (Å²) in [6.07, 6.45) is 0. The highest BCUT2D eigenvalue weighted by Gasteiger charge is 2.18. The lowest BCUT2D eigenvalue weighted by Crippen LogP contribution is -2.39. The normalized spacial score (nSPS) is 11.7. The number of carbonyl (C=O) groups excluding carboxylic acids is 1. The van der Waals surface area contributed by atoms with E-state index >= 15 is 0 Å². The number of hydrazine groups is 1. The summed E-state index contributed by atoms with van der Waals surface area (Å²) in [5.74, 6) is 4.36. The van der Waals surface area contributed by atoms with Gasteiger partial charge in [-0.25, -0.2) is 5.43 Å². The van der Waals surface area contributed by atoms with Crippen molar-refractivity contribution >= 4 is 17.3 Å². The van der Waals surface area contributed by atoms with E-state index in [4.69, 9.17) is 10.6 Å². The zero-order chi connectivity index (χ0) is 15.3. The molecule has 1 rings (SSSR count). The Bertz CT molecular complexity index is 514. The van der Waals surface area contributed by atoms with Crippen LogP contribution in [-0.2, 0) is 16.1 Å². The quantitative estimate of drug-likeness (QED) is 0.329. The van der Waals surface area contributed by atoms with Crippen LogP contribution in [0.25, 0.3) is 0 Å². The van der Waals surface area contributed by atoms with Gasteiger partial charge in [-0.1, -0.05) is 0 Å². The number of rotatable bonds is 6. The third-order valence-electron chi connectivity index (χ3n) is 2.37. The molecule has 10 heteroatoms. The number of esters is 1. The average molecular weight is 284 g/mol. The highest BCUT2D eigenvalue weighted by molar-refractivity contribution is 5.75. The van der Waals surface area contributed by atoms with Crippen LogP contribution in [0.2, 0.25) is 0 Å². The molecule has 0 heterocycles. The number of nitrogens with two attached hydrogens (primary N) is 1. The second-order valence-corrected chi connectivity index (χ2v) is 3.87. The number of nitro groups is 2. The molecule has 10 nitrogen and oxygen atoms in total. The standard InChI is InChI=1S/C10H12N4O6/c1-6(12-11)10(15)20-5-7-2-8(13(16)17)4-9(3-7)14(18)19/h2-4,6,12H,5,11H2,1H3/t6-/m0/s1. The number of carbonyl (C=O) groups is 1. The van der Waals surface area contributed by atoms with E-state index in [1.807, 2.05) is 0 Å². The molecule has 0 aromatic heterocycles. The average Bonchev–Trinajstić information content (AvgIpc) is 2.43. The first-order valence-corrected chi connectivity index (χ1v) is 5.40. The number of nitrogens with zero attached hydrogens (tertiary/aromatic N) is 2. The minimum Gasteiger partial charge on any atom is -0.460 e. The van der Waals surface area contributed by atoms with Crippen LogP contribution in [0.1, 0.15) is 12.5 Å². The van der Waals surface area contributed by atoms with Crippen LogP contribution >= 0.6 is 0 Å². The van der Waals surface area contributed by atoms with Crippen LogP contribution in [0.5, 0.6) is 0 Å². The molecule has 0 aliphatic carbocycles. The molecule has 0 radical (unpaired) electrons. The third kappa shape index (κ3) is 3.96. The van der Waals surface area contributed by atoms with Gasteiger partial charge in [0.15, 0.2) is 0 Å². The molecule has 0 amide bonds. The predicted molar refractivity (Wildman–Crippen MR) is 66.3 cm³/mol. The second kappa shape index (κ2) is 6.54. The number of benzene rings is 1. The van der Waals surface area contributed by atoms with Crippen molar-refractivity contribution in [3.63, 3.8) is 0 Å². The van der Waals surface area contributed by atoms with Crippen molar-refractivity contribution in [2.45, 2.75) is 19.6 Å². The largest absolute Gasteiger partial charge is 0.460 e. The van der Waals surface area contributed by atoms with Gasteiger partial charge in [0.1, 0.15) is 12.6 Å². The Balaban J connectivity index is 2.92. The van der Waals surface area contributed by atoms with Crippen LogP contribution in [0, 0.1) is 20.2 Å². The summed E-state index contributed by atoms with van der Waals surface area (Å²) in [6, 6.07) is 2.26. The van der Waals surface area contributed by atoms with Gasteiger partial charge in [-0.3, -0.25) is 30.9 Å². The first-order valence-electron chi connectivity index (χ1n) is 5.40. The summed E-state index contributed by atoms with van der Waals surface area (Å²) >= 11 is 0. The molecule has 1 aromatic rings. The van der Waals surface area contributed by atoms with Gasteiger partial charge in [0.05, 0.1) is 15.9 Å². The summed E-state index contributed by atoms with van der Waals surface area (Å²) in [5.41, 5.74) is 1.41. The van der Waals surface area contributed by atoms with E-state index in [1.165, 1.54) is 6.92 Å². The van der Waals surface area contributed by atoms with Crippen LogP contribution in [0.15, 0.2) is 18.2 Å². The van der Waals surface area contributed by atoms with Crippen LogP contribution < -0.4 is 11.3 Å². The Labute approximate surface area is 112 Å². The summed E-state index contributed by atoms with van der Waals surface area (Å²) in [5, 5.41) is 21.3. The molecule has 0 saturated carbocycles. The van der Waals surface area contributed by atoms with Gasteiger partial charge in [-0.05, 0) is 6.92 Å². The molecule has 0 saturated heterocycles. The highest BCUT2D eigenvalue weighted by atomic mass is 16.6. The summed E-state index contributed by atoms with van der Waals surface area (Å²) in [4.78, 5) is 31.2. The van der Waals surface area contributed by atoms with Gasteiger partial charge in [-0.2, -0.15) is 0 Å². The van der Waals surface area contributed by atoms with Gasteiger partial charge in [0.25, 0.3) is 11.4 Å². The van der Waals surface area contributed by atoms with E-state index in [2.05, 4.69) is 5.43 Å². The number of ether oxygens (including phenoxy) is 1. The summed E-state index contributed by atoms with van der Waals surface area (Å²) in [7, 11) is 0. The lowest BCUT2D eigenvalue weighted by Gasteiger charge is -2.09. The molecular weight excluding hydrogens is 272 g/mol. The SMILES string of the molecule is C[C@H](NN)C(=O)OCc1cc([N+](=O)[O-])cc([N+](=O)[O-])c1. The zero-order valence-corrected chi connectivity index (χ0v) is 10.4. The fourth-order valence-corrected chi connectivity index (χ4v) is 1.30. The smallest absolute Gasteiger partial charge is 0.324 e. The molecule has 0 fully saturated rings. The van der Waals surface area contributed by atoms with Crippen LogP contribution in [0.4, 0.5) is 11.4 Å². The van der Waals surface area contributed by atoms with E-state index < -0.39 is 33.2 Å². The first-order chi connectivity index (χ1) is 9.35. The van der Waals surface area contributed by atoms with Gasteiger partial charge in [0.2, 0.25) is 0 Å². The fourth-order valence-electron chi connectivity index (χ4n) is 1.30. The van der Waals surface area contributed by atoms with E-state index in [9.17, 15) is 25.0 Å². The topological polar surface area (TPSA) is 151 Å². The second-order valence-electron chi connectivity index (χ2n) is 3.87. The Morgan fingerprint density at radius 1 is 1.30 bits per heavy atom. The molecule has 0 spiro atoms. The Morgan fingerprint density at radius 3 is 2.20 bits per heavy atom. The molecule has 0 aliphatic heterocycles. The van der Waals surface area contributed by atoms with Gasteiger partial charge in [0, 0.05) is 17.7 Å². The summed E-state index contributed by atoms with van der Waals surface area (Å²) in [6.45, 7) is 1.13. The monoisotopic (exact) mass is 284 g/mol. The molecule has 0 bridgehead atoms. The molecule has 1 aromatic carbocycles. The molecule has 20 heavy (non-hydrogen) atoms. The maximum absolute atomic E-state index is 11.4. The van der Waals surface area contributed by atoms with E-state index in [0.29, 0.717) is 0 Å². The summed E-state index contributed by atoms with van der Waals surface area (Å²) < 4.78 is 4.82. The van der Waals surface area contributed by atoms with Crippen molar-refractivity contribution in [1.82, 2.24) is 5.43 Å². The van der Waals surface area contributed by atoms with Crippen molar-refractivity contribution in [3.05, 3.63) is 44.0 Å². The van der Waals surface area contributed by atoms with E-state index in [1.54, 1.807) is 0 Å². The minimum absolute atomic E-state index is 0.142. The molecule has 0 aliphatic rings. The molecular formula is C10H12N4O6. The minimum atomic E-state index is -0.762. The number of nitrogens with one attached hydrogen (secondary N) is 1. The first kappa shape index (κ1) is 15.5. The predicted octanol–water partition coefficient (Wildman–Crippen LogP) is 0.398. The van der Waals surface area contributed by atoms with Gasteiger partial charge < -0.3 is 4.74 Å². The van der Waals surface area contributed by atoms with E-state index in [0.717, 1.165) is 18.2 Å². The van der Waals surface area contributed by atoms with Crippen molar-refractivity contribution in [1.29, 1.82) is 0 Å². The van der Waals surface area contributed by atoms with Gasteiger partial charge in [-0.15, -0.1) is 0 Å². The molecule has 3 N–H and O–H groups in total. The van der Waals surface area contributed by atoms with E-state index in [-0.39, 0.29) is 12.2 Å². The number of hydrogen-bond acceptors (Lipinski definition) is 8. The Morgan fingerprint density at radius 2 is 1.80 bits per heavy atom. The van der Waals surface area contributed by atoms with Crippen LogP contribution in [0.3, 0.4) is 0 Å². The van der Waals surface area contributed by atoms with Crippen molar-refractivity contribution < 1.29 is 19.4 Å². The lowest BCUT2D eigenvalue weighted by atomic mass is 10.2. The van der Waals surface area contributed by atoms with Crippen LogP contribution in [-0.4, -0.2) is 21.9 Å². The Kier molecular flexibility index (Phi) is 5.06. The van der Waals surface area contributed by atoms with Crippen molar-refractivity contribution in [2.24, 2.45) is 5.84 Å². The molecule has 1 atom stereocenters. The maximum Gasteiger partial charge on any atom is 0.324 e. The zero-order valence-electron chi connectivity index (χ0n) is 10.4. The lowest BCUT2D eigenvalue weighted by molar-refractivity contribution is -0.394. The number of hydrogen-bond donors (Lipinski definition) is 2. The highest BCUT2D eigenvalue weighted by Crippen LogP contribution is 2.23.